The summed E-state index contributed by atoms with van der Waals surface area (Å²) in [5.41, 5.74) is 0.618. The van der Waals surface area contributed by atoms with E-state index in [4.69, 9.17) is 11.6 Å². The van der Waals surface area contributed by atoms with E-state index in [1.165, 1.54) is 11.3 Å². The highest BCUT2D eigenvalue weighted by Gasteiger charge is 2.53. The molecule has 1 aliphatic carbocycles. The van der Waals surface area contributed by atoms with E-state index < -0.39 is 5.41 Å². The van der Waals surface area contributed by atoms with Crippen molar-refractivity contribution < 1.29 is 9.59 Å². The van der Waals surface area contributed by atoms with Crippen LogP contribution >= 0.6 is 22.9 Å². The maximum absolute atomic E-state index is 13.1. The van der Waals surface area contributed by atoms with Gasteiger partial charge < -0.3 is 9.80 Å². The molecule has 1 aliphatic heterocycles. The summed E-state index contributed by atoms with van der Waals surface area (Å²) in [6.45, 7) is 2.37. The van der Waals surface area contributed by atoms with Crippen LogP contribution in [0.25, 0.3) is 0 Å². The third kappa shape index (κ3) is 3.07. The average Bonchev–Trinajstić information content (AvgIpc) is 3.27. The van der Waals surface area contributed by atoms with Crippen LogP contribution in [0, 0.1) is 0 Å². The highest BCUT2D eigenvalue weighted by atomic mass is 35.5. The molecule has 2 aliphatic rings. The lowest BCUT2D eigenvalue weighted by atomic mass is 9.94. The van der Waals surface area contributed by atoms with Crippen LogP contribution in [0.3, 0.4) is 0 Å². The van der Waals surface area contributed by atoms with Crippen molar-refractivity contribution in [2.75, 3.05) is 26.2 Å². The second kappa shape index (κ2) is 6.46. The number of hydrogen-bond donors (Lipinski definition) is 0. The second-order valence-electron chi connectivity index (χ2n) is 6.65. The summed E-state index contributed by atoms with van der Waals surface area (Å²) >= 11 is 7.56. The molecule has 0 spiro atoms. The minimum atomic E-state index is -0.398. The molecule has 1 aromatic heterocycles. The lowest BCUT2D eigenvalue weighted by molar-refractivity contribution is -0.135. The van der Waals surface area contributed by atoms with Crippen molar-refractivity contribution in [3.05, 3.63) is 57.2 Å². The molecule has 4 rings (SSSR count). The Balaban J connectivity index is 1.42. The summed E-state index contributed by atoms with van der Waals surface area (Å²) in [6, 6.07) is 11.4. The van der Waals surface area contributed by atoms with Crippen molar-refractivity contribution in [1.82, 2.24) is 9.80 Å². The van der Waals surface area contributed by atoms with Gasteiger partial charge in [-0.1, -0.05) is 29.8 Å². The van der Waals surface area contributed by atoms with Gasteiger partial charge in [0.15, 0.2) is 0 Å². The van der Waals surface area contributed by atoms with Crippen molar-refractivity contribution >= 4 is 34.8 Å². The lowest BCUT2D eigenvalue weighted by Gasteiger charge is -2.36. The quantitative estimate of drug-likeness (QED) is 0.826. The van der Waals surface area contributed by atoms with E-state index in [2.05, 4.69) is 0 Å². The number of hydrogen-bond acceptors (Lipinski definition) is 3. The van der Waals surface area contributed by atoms with Gasteiger partial charge in [0.2, 0.25) is 5.91 Å². The van der Waals surface area contributed by atoms with E-state index in [9.17, 15) is 9.59 Å². The molecule has 0 atom stereocenters. The molecule has 2 amide bonds. The number of thiophene rings is 1. The fourth-order valence-corrected chi connectivity index (χ4v) is 4.39. The summed E-state index contributed by atoms with van der Waals surface area (Å²) in [7, 11) is 0. The van der Waals surface area contributed by atoms with Crippen molar-refractivity contribution in [1.29, 1.82) is 0 Å². The van der Waals surface area contributed by atoms with Gasteiger partial charge in [-0.3, -0.25) is 9.59 Å². The zero-order chi connectivity index (χ0) is 17.4. The van der Waals surface area contributed by atoms with Gasteiger partial charge in [0.05, 0.1) is 10.3 Å². The van der Waals surface area contributed by atoms with E-state index in [1.807, 2.05) is 51.6 Å². The maximum atomic E-state index is 13.1. The second-order valence-corrected chi connectivity index (χ2v) is 8.04. The Bertz CT molecular complexity index is 794. The zero-order valence-corrected chi connectivity index (χ0v) is 15.4. The van der Waals surface area contributed by atoms with Crippen LogP contribution in [0.1, 0.15) is 28.1 Å². The van der Waals surface area contributed by atoms with Crippen LogP contribution in [0.15, 0.2) is 41.8 Å². The molecule has 6 heteroatoms. The SMILES string of the molecule is O=C(c1cccs1)N1CCN(C(=O)C2(c3cccc(Cl)c3)CC2)CC1. The molecule has 25 heavy (non-hydrogen) atoms. The van der Waals surface area contributed by atoms with Crippen LogP contribution in [0.4, 0.5) is 0 Å². The Morgan fingerprint density at radius 1 is 1.00 bits per heavy atom. The lowest BCUT2D eigenvalue weighted by Crippen LogP contribution is -2.52. The maximum Gasteiger partial charge on any atom is 0.264 e. The molecule has 4 nitrogen and oxygen atoms in total. The first kappa shape index (κ1) is 16.6. The number of halogens is 1. The average molecular weight is 375 g/mol. The Hall–Kier alpha value is -1.85. The third-order valence-electron chi connectivity index (χ3n) is 5.12. The summed E-state index contributed by atoms with van der Waals surface area (Å²) in [5, 5.41) is 2.58. The van der Waals surface area contributed by atoms with E-state index >= 15 is 0 Å². The van der Waals surface area contributed by atoms with Crippen LogP contribution in [0.2, 0.25) is 5.02 Å². The molecule has 1 saturated heterocycles. The molecule has 130 valence electrons. The van der Waals surface area contributed by atoms with Crippen LogP contribution in [-0.4, -0.2) is 47.8 Å². The van der Waals surface area contributed by atoms with Crippen molar-refractivity contribution in [3.8, 4) is 0 Å². The number of piperazine rings is 1. The van der Waals surface area contributed by atoms with Gasteiger partial charge in [-0.05, 0) is 42.0 Å². The smallest absolute Gasteiger partial charge is 0.264 e. The Labute approximate surface area is 156 Å². The Kier molecular flexibility index (Phi) is 4.29. The minimum Gasteiger partial charge on any atom is -0.338 e. The fraction of sp³-hybridized carbons (Fsp3) is 0.368. The molecule has 2 heterocycles. The first-order valence-corrected chi connectivity index (χ1v) is 9.74. The summed E-state index contributed by atoms with van der Waals surface area (Å²) < 4.78 is 0. The van der Waals surface area contributed by atoms with Crippen molar-refractivity contribution in [2.24, 2.45) is 0 Å². The molecular formula is C19H19ClN2O2S. The standard InChI is InChI=1S/C19H19ClN2O2S/c20-15-4-1-3-14(13-15)19(6-7-19)18(24)22-10-8-21(9-11-22)17(23)16-5-2-12-25-16/h1-5,12-13H,6-11H2. The van der Waals surface area contributed by atoms with Gasteiger partial charge >= 0.3 is 0 Å². The predicted molar refractivity (Wildman–Crippen MR) is 99.2 cm³/mol. The van der Waals surface area contributed by atoms with Gasteiger partial charge in [0.1, 0.15) is 0 Å². The molecule has 0 N–H and O–H groups in total. The summed E-state index contributed by atoms with van der Waals surface area (Å²) in [5.74, 6) is 0.246. The molecule has 1 aromatic carbocycles. The van der Waals surface area contributed by atoms with Gasteiger partial charge in [0, 0.05) is 31.2 Å². The highest BCUT2D eigenvalue weighted by molar-refractivity contribution is 7.12. The molecular weight excluding hydrogens is 356 g/mol. The van der Waals surface area contributed by atoms with Gasteiger partial charge in [0.25, 0.3) is 5.91 Å². The number of rotatable bonds is 3. The Morgan fingerprint density at radius 3 is 2.32 bits per heavy atom. The minimum absolute atomic E-state index is 0.0677. The molecule has 2 fully saturated rings. The van der Waals surface area contributed by atoms with Crippen LogP contribution in [-0.2, 0) is 10.2 Å². The van der Waals surface area contributed by atoms with Crippen LogP contribution in [0.5, 0.6) is 0 Å². The van der Waals surface area contributed by atoms with Gasteiger partial charge in [-0.15, -0.1) is 11.3 Å². The van der Waals surface area contributed by atoms with E-state index in [1.54, 1.807) is 0 Å². The molecule has 1 saturated carbocycles. The van der Waals surface area contributed by atoms with Gasteiger partial charge in [-0.2, -0.15) is 0 Å². The topological polar surface area (TPSA) is 40.6 Å². The van der Waals surface area contributed by atoms with Crippen molar-refractivity contribution in [2.45, 2.75) is 18.3 Å². The van der Waals surface area contributed by atoms with E-state index in [0.717, 1.165) is 23.3 Å². The molecule has 2 aromatic rings. The number of nitrogens with zero attached hydrogens (tertiary/aromatic N) is 2. The molecule has 0 radical (unpaired) electrons. The van der Waals surface area contributed by atoms with E-state index in [-0.39, 0.29) is 11.8 Å². The predicted octanol–water partition coefficient (Wildman–Crippen LogP) is 3.42. The normalized spacial score (nSPS) is 18.9. The third-order valence-corrected chi connectivity index (χ3v) is 6.22. The summed E-state index contributed by atoms with van der Waals surface area (Å²) in [4.78, 5) is 30.0. The number of benzene rings is 1. The number of carbonyl (C=O) groups excluding carboxylic acids is 2. The first-order chi connectivity index (χ1) is 12.1. The van der Waals surface area contributed by atoms with Gasteiger partial charge in [-0.25, -0.2) is 0 Å². The van der Waals surface area contributed by atoms with E-state index in [0.29, 0.717) is 31.2 Å². The van der Waals surface area contributed by atoms with Crippen LogP contribution < -0.4 is 0 Å². The number of carbonyl (C=O) groups is 2. The first-order valence-electron chi connectivity index (χ1n) is 8.48. The largest absolute Gasteiger partial charge is 0.338 e. The molecule has 0 bridgehead atoms. The van der Waals surface area contributed by atoms with Crippen molar-refractivity contribution in [3.63, 3.8) is 0 Å². The molecule has 0 unspecified atom stereocenters. The fourth-order valence-electron chi connectivity index (χ4n) is 3.51. The monoisotopic (exact) mass is 374 g/mol. The highest BCUT2D eigenvalue weighted by Crippen LogP contribution is 2.50. The summed E-state index contributed by atoms with van der Waals surface area (Å²) in [6.07, 6.45) is 1.75. The number of amides is 2. The zero-order valence-electron chi connectivity index (χ0n) is 13.8. The Morgan fingerprint density at radius 2 is 1.72 bits per heavy atom.